The Morgan fingerprint density at radius 1 is 1.22 bits per heavy atom. The molecular formula is C12H6Cl2FNO2. The number of pyridine rings is 1. The van der Waals surface area contributed by atoms with Crippen LogP contribution in [0.2, 0.25) is 10.0 Å². The summed E-state index contributed by atoms with van der Waals surface area (Å²) in [7, 11) is 0. The minimum atomic E-state index is -1.24. The Bertz CT molecular complexity index is 631. The van der Waals surface area contributed by atoms with E-state index in [0.717, 1.165) is 12.1 Å². The topological polar surface area (TPSA) is 50.2 Å². The zero-order valence-electron chi connectivity index (χ0n) is 8.82. The van der Waals surface area contributed by atoms with Gasteiger partial charge in [0.05, 0.1) is 10.0 Å². The number of carboxylic acids is 1. The van der Waals surface area contributed by atoms with E-state index in [9.17, 15) is 9.18 Å². The Morgan fingerprint density at radius 2 is 1.94 bits per heavy atom. The van der Waals surface area contributed by atoms with Crippen LogP contribution in [0.3, 0.4) is 0 Å². The fourth-order valence-electron chi connectivity index (χ4n) is 1.44. The van der Waals surface area contributed by atoms with Gasteiger partial charge >= 0.3 is 5.97 Å². The second-order valence-electron chi connectivity index (χ2n) is 3.43. The molecule has 0 aliphatic rings. The molecule has 0 aliphatic carbocycles. The summed E-state index contributed by atoms with van der Waals surface area (Å²) in [6.07, 6.45) is 0. The lowest BCUT2D eigenvalue weighted by molar-refractivity contribution is 0.0690. The van der Waals surface area contributed by atoms with Crippen LogP contribution in [-0.2, 0) is 0 Å². The molecule has 0 amide bonds. The number of nitrogens with zero attached hydrogens (tertiary/aromatic N) is 1. The van der Waals surface area contributed by atoms with Crippen LogP contribution in [0.5, 0.6) is 0 Å². The van der Waals surface area contributed by atoms with Gasteiger partial charge in [-0.3, -0.25) is 0 Å². The zero-order valence-corrected chi connectivity index (χ0v) is 10.3. The molecule has 2 rings (SSSR count). The van der Waals surface area contributed by atoms with Crippen molar-refractivity contribution < 1.29 is 14.3 Å². The molecule has 1 aromatic heterocycles. The molecule has 0 radical (unpaired) electrons. The van der Waals surface area contributed by atoms with E-state index in [1.54, 1.807) is 12.1 Å². The number of carbonyl (C=O) groups is 1. The second-order valence-corrected chi connectivity index (χ2v) is 4.22. The summed E-state index contributed by atoms with van der Waals surface area (Å²) < 4.78 is 13.7. The predicted octanol–water partition coefficient (Wildman–Crippen LogP) is 3.89. The second kappa shape index (κ2) is 4.92. The first-order valence-corrected chi connectivity index (χ1v) is 5.60. The van der Waals surface area contributed by atoms with E-state index in [4.69, 9.17) is 28.3 Å². The highest BCUT2D eigenvalue weighted by atomic mass is 35.5. The van der Waals surface area contributed by atoms with Crippen molar-refractivity contribution in [3.05, 3.63) is 51.9 Å². The summed E-state index contributed by atoms with van der Waals surface area (Å²) in [5.74, 6) is -1.90. The Labute approximate surface area is 112 Å². The van der Waals surface area contributed by atoms with Crippen LogP contribution in [0.1, 0.15) is 10.5 Å². The van der Waals surface area contributed by atoms with E-state index in [2.05, 4.69) is 4.98 Å². The van der Waals surface area contributed by atoms with Gasteiger partial charge < -0.3 is 5.11 Å². The molecular weight excluding hydrogens is 280 g/mol. The Kier molecular flexibility index (Phi) is 3.50. The lowest BCUT2D eigenvalue weighted by atomic mass is 10.1. The van der Waals surface area contributed by atoms with Crippen LogP contribution in [-0.4, -0.2) is 16.1 Å². The largest absolute Gasteiger partial charge is 0.477 e. The van der Waals surface area contributed by atoms with Crippen molar-refractivity contribution in [3.63, 3.8) is 0 Å². The molecule has 92 valence electrons. The molecule has 0 bridgehead atoms. The summed E-state index contributed by atoms with van der Waals surface area (Å²) in [5.41, 5.74) is -0.144. The molecule has 2 aromatic rings. The predicted molar refractivity (Wildman–Crippen MR) is 66.6 cm³/mol. The summed E-state index contributed by atoms with van der Waals surface area (Å²) in [6.45, 7) is 0. The molecule has 0 spiro atoms. The third kappa shape index (κ3) is 2.30. The fraction of sp³-hybridized carbons (Fsp3) is 0. The van der Waals surface area contributed by atoms with Gasteiger partial charge in [-0.2, -0.15) is 0 Å². The molecule has 6 heteroatoms. The standard InChI is InChI=1S/C12H6Cl2FNO2/c13-7-3-1-2-6(10(7)14)11-8(15)4-5-9(16-11)12(17)18/h1-5H,(H,17,18). The van der Waals surface area contributed by atoms with Gasteiger partial charge in [-0.05, 0) is 18.2 Å². The molecule has 0 aliphatic heterocycles. The van der Waals surface area contributed by atoms with Crippen LogP contribution in [0.4, 0.5) is 4.39 Å². The number of hydrogen-bond acceptors (Lipinski definition) is 2. The van der Waals surface area contributed by atoms with Crippen molar-refractivity contribution in [3.8, 4) is 11.3 Å². The molecule has 0 unspecified atom stereocenters. The summed E-state index contributed by atoms with van der Waals surface area (Å²) in [6, 6.07) is 6.76. The first kappa shape index (κ1) is 12.8. The molecule has 0 fully saturated rings. The van der Waals surface area contributed by atoms with Crippen molar-refractivity contribution in [1.82, 2.24) is 4.98 Å². The highest BCUT2D eigenvalue weighted by Crippen LogP contribution is 2.33. The monoisotopic (exact) mass is 285 g/mol. The molecule has 1 N–H and O–H groups in total. The first-order valence-electron chi connectivity index (χ1n) is 4.85. The van der Waals surface area contributed by atoms with E-state index < -0.39 is 11.8 Å². The number of carboxylic acid groups (broad SMARTS) is 1. The summed E-state index contributed by atoms with van der Waals surface area (Å²) in [4.78, 5) is 14.5. The molecule has 0 saturated heterocycles. The number of rotatable bonds is 2. The molecule has 0 saturated carbocycles. The molecule has 3 nitrogen and oxygen atoms in total. The lowest BCUT2D eigenvalue weighted by Crippen LogP contribution is -2.02. The zero-order chi connectivity index (χ0) is 13.3. The molecule has 1 heterocycles. The maximum Gasteiger partial charge on any atom is 0.354 e. The average Bonchev–Trinajstić information content (AvgIpc) is 2.33. The van der Waals surface area contributed by atoms with E-state index in [-0.39, 0.29) is 27.0 Å². The van der Waals surface area contributed by atoms with Crippen molar-refractivity contribution in [1.29, 1.82) is 0 Å². The third-order valence-corrected chi connectivity index (χ3v) is 3.09. The minimum Gasteiger partial charge on any atom is -0.477 e. The number of aromatic nitrogens is 1. The minimum absolute atomic E-state index is 0.133. The number of aromatic carboxylic acids is 1. The number of benzene rings is 1. The molecule has 18 heavy (non-hydrogen) atoms. The van der Waals surface area contributed by atoms with Gasteiger partial charge in [-0.1, -0.05) is 35.3 Å². The van der Waals surface area contributed by atoms with Crippen molar-refractivity contribution in [2.75, 3.05) is 0 Å². The maximum atomic E-state index is 13.7. The highest BCUT2D eigenvalue weighted by molar-refractivity contribution is 6.43. The van der Waals surface area contributed by atoms with Crippen LogP contribution in [0.25, 0.3) is 11.3 Å². The van der Waals surface area contributed by atoms with E-state index in [1.807, 2.05) is 0 Å². The lowest BCUT2D eigenvalue weighted by Gasteiger charge is -2.07. The Balaban J connectivity index is 2.66. The van der Waals surface area contributed by atoms with Gasteiger partial charge in [-0.25, -0.2) is 14.2 Å². The van der Waals surface area contributed by atoms with Crippen LogP contribution < -0.4 is 0 Å². The summed E-state index contributed by atoms with van der Waals surface area (Å²) in [5, 5.41) is 9.21. The van der Waals surface area contributed by atoms with Gasteiger partial charge in [0.2, 0.25) is 0 Å². The highest BCUT2D eigenvalue weighted by Gasteiger charge is 2.15. The van der Waals surface area contributed by atoms with Gasteiger partial charge in [-0.15, -0.1) is 0 Å². The van der Waals surface area contributed by atoms with E-state index in [1.165, 1.54) is 6.07 Å². The van der Waals surface area contributed by atoms with Crippen molar-refractivity contribution >= 4 is 29.2 Å². The SMILES string of the molecule is O=C(O)c1ccc(F)c(-c2cccc(Cl)c2Cl)n1. The van der Waals surface area contributed by atoms with Crippen molar-refractivity contribution in [2.24, 2.45) is 0 Å². The average molecular weight is 286 g/mol. The van der Waals surface area contributed by atoms with Crippen LogP contribution >= 0.6 is 23.2 Å². The first-order chi connectivity index (χ1) is 8.50. The normalized spacial score (nSPS) is 10.4. The Hall–Kier alpha value is -1.65. The Morgan fingerprint density at radius 3 is 2.61 bits per heavy atom. The molecule has 0 atom stereocenters. The quantitative estimate of drug-likeness (QED) is 0.911. The van der Waals surface area contributed by atoms with E-state index >= 15 is 0 Å². The van der Waals surface area contributed by atoms with Crippen LogP contribution in [0, 0.1) is 5.82 Å². The maximum absolute atomic E-state index is 13.7. The third-order valence-electron chi connectivity index (χ3n) is 2.27. The van der Waals surface area contributed by atoms with Crippen LogP contribution in [0.15, 0.2) is 30.3 Å². The molecule has 1 aromatic carbocycles. The summed E-state index contributed by atoms with van der Waals surface area (Å²) >= 11 is 11.8. The fourth-order valence-corrected chi connectivity index (χ4v) is 1.83. The van der Waals surface area contributed by atoms with E-state index in [0.29, 0.717) is 0 Å². The number of hydrogen-bond donors (Lipinski definition) is 1. The van der Waals surface area contributed by atoms with Gasteiger partial charge in [0.15, 0.2) is 0 Å². The van der Waals surface area contributed by atoms with Crippen molar-refractivity contribution in [2.45, 2.75) is 0 Å². The van der Waals surface area contributed by atoms with Gasteiger partial charge in [0, 0.05) is 5.56 Å². The smallest absolute Gasteiger partial charge is 0.354 e. The number of halogens is 3. The van der Waals surface area contributed by atoms with Gasteiger partial charge in [0.25, 0.3) is 0 Å². The van der Waals surface area contributed by atoms with Gasteiger partial charge in [0.1, 0.15) is 17.2 Å².